The van der Waals surface area contributed by atoms with Gasteiger partial charge in [-0.1, -0.05) is 6.92 Å². The predicted octanol–water partition coefficient (Wildman–Crippen LogP) is 1.39. The molecule has 1 aromatic rings. The minimum absolute atomic E-state index is 0.235. The van der Waals surface area contributed by atoms with Gasteiger partial charge in [0.05, 0.1) is 12.8 Å². The number of nitrogens with zero attached hydrogens (tertiary/aromatic N) is 6. The van der Waals surface area contributed by atoms with Gasteiger partial charge in [0, 0.05) is 39.3 Å². The molecule has 2 aliphatic rings. The normalized spacial score (nSPS) is 21.8. The number of piperazine rings is 1. The standard InChI is InChI=1S/C16H26N6O2/c1-3-24-16(23)21-9-7-20(8-10-21)14-11-17-19-15(18-14)22-6-4-5-13(2)12-22/h11,13H,3-10,12H2,1-2H3. The highest BCUT2D eigenvalue weighted by Crippen LogP contribution is 2.21. The third-order valence-corrected chi connectivity index (χ3v) is 4.60. The quantitative estimate of drug-likeness (QED) is 0.827. The Morgan fingerprint density at radius 1 is 1.25 bits per heavy atom. The van der Waals surface area contributed by atoms with Gasteiger partial charge in [0.1, 0.15) is 0 Å². The molecule has 0 N–H and O–H groups in total. The highest BCUT2D eigenvalue weighted by Gasteiger charge is 2.24. The Hall–Kier alpha value is -2.12. The van der Waals surface area contributed by atoms with Crippen LogP contribution < -0.4 is 9.80 Å². The van der Waals surface area contributed by atoms with Gasteiger partial charge in [-0.15, -0.1) is 5.10 Å². The number of aromatic nitrogens is 3. The van der Waals surface area contributed by atoms with Gasteiger partial charge in [0.2, 0.25) is 5.95 Å². The van der Waals surface area contributed by atoms with Crippen LogP contribution in [0.15, 0.2) is 6.20 Å². The molecule has 3 rings (SSSR count). The second kappa shape index (κ2) is 7.63. The van der Waals surface area contributed by atoms with Gasteiger partial charge in [-0.2, -0.15) is 10.1 Å². The number of hydrogen-bond acceptors (Lipinski definition) is 7. The van der Waals surface area contributed by atoms with E-state index in [1.807, 2.05) is 6.92 Å². The third kappa shape index (κ3) is 3.85. The van der Waals surface area contributed by atoms with Crippen LogP contribution in [0.3, 0.4) is 0 Å². The molecule has 8 heteroatoms. The number of carbonyl (C=O) groups is 1. The maximum atomic E-state index is 11.8. The molecule has 1 amide bonds. The second-order valence-corrected chi connectivity index (χ2v) is 6.48. The molecule has 24 heavy (non-hydrogen) atoms. The number of piperidine rings is 1. The van der Waals surface area contributed by atoms with Gasteiger partial charge in [0.25, 0.3) is 0 Å². The number of ether oxygens (including phenoxy) is 1. The molecule has 0 saturated carbocycles. The Balaban J connectivity index is 1.62. The van der Waals surface area contributed by atoms with Crippen LogP contribution in [0.5, 0.6) is 0 Å². The molecule has 1 aromatic heterocycles. The first-order chi connectivity index (χ1) is 11.7. The lowest BCUT2D eigenvalue weighted by atomic mass is 10.0. The fourth-order valence-corrected chi connectivity index (χ4v) is 3.28. The number of hydrogen-bond donors (Lipinski definition) is 0. The average molecular weight is 334 g/mol. The molecule has 0 aliphatic carbocycles. The van der Waals surface area contributed by atoms with E-state index in [-0.39, 0.29) is 6.09 Å². The first-order valence-electron chi connectivity index (χ1n) is 8.78. The summed E-state index contributed by atoms with van der Waals surface area (Å²) in [4.78, 5) is 22.6. The molecule has 2 saturated heterocycles. The summed E-state index contributed by atoms with van der Waals surface area (Å²) >= 11 is 0. The van der Waals surface area contributed by atoms with Crippen molar-refractivity contribution in [3.8, 4) is 0 Å². The van der Waals surface area contributed by atoms with E-state index < -0.39 is 0 Å². The molecule has 0 spiro atoms. The molecular weight excluding hydrogens is 308 g/mol. The number of carbonyl (C=O) groups excluding carboxylic acids is 1. The fourth-order valence-electron chi connectivity index (χ4n) is 3.28. The minimum Gasteiger partial charge on any atom is -0.450 e. The van der Waals surface area contributed by atoms with Crippen molar-refractivity contribution in [3.05, 3.63) is 6.20 Å². The Morgan fingerprint density at radius 3 is 2.75 bits per heavy atom. The number of amides is 1. The van der Waals surface area contributed by atoms with Crippen LogP contribution in [0.4, 0.5) is 16.6 Å². The molecule has 8 nitrogen and oxygen atoms in total. The van der Waals surface area contributed by atoms with Crippen molar-refractivity contribution in [3.63, 3.8) is 0 Å². The lowest BCUT2D eigenvalue weighted by Crippen LogP contribution is -2.49. The van der Waals surface area contributed by atoms with Gasteiger partial charge < -0.3 is 19.4 Å². The van der Waals surface area contributed by atoms with Crippen molar-refractivity contribution in [1.82, 2.24) is 20.1 Å². The van der Waals surface area contributed by atoms with Crippen molar-refractivity contribution in [2.45, 2.75) is 26.7 Å². The summed E-state index contributed by atoms with van der Waals surface area (Å²) in [5, 5.41) is 8.36. The largest absolute Gasteiger partial charge is 0.450 e. The van der Waals surface area contributed by atoms with E-state index in [2.05, 4.69) is 26.9 Å². The molecule has 2 fully saturated rings. The molecule has 1 atom stereocenters. The van der Waals surface area contributed by atoms with Gasteiger partial charge >= 0.3 is 6.09 Å². The summed E-state index contributed by atoms with van der Waals surface area (Å²) < 4.78 is 5.05. The second-order valence-electron chi connectivity index (χ2n) is 6.48. The van der Waals surface area contributed by atoms with E-state index in [9.17, 15) is 4.79 Å². The minimum atomic E-state index is -0.235. The van der Waals surface area contributed by atoms with Gasteiger partial charge in [-0.25, -0.2) is 4.79 Å². The van der Waals surface area contributed by atoms with Crippen LogP contribution in [-0.2, 0) is 4.74 Å². The summed E-state index contributed by atoms with van der Waals surface area (Å²) in [6.07, 6.45) is 3.91. The zero-order valence-electron chi connectivity index (χ0n) is 14.5. The Labute approximate surface area is 142 Å². The topological polar surface area (TPSA) is 74.7 Å². The summed E-state index contributed by atoms with van der Waals surface area (Å²) in [6.45, 7) is 9.21. The van der Waals surface area contributed by atoms with Crippen LogP contribution >= 0.6 is 0 Å². The first kappa shape index (κ1) is 16.7. The van der Waals surface area contributed by atoms with Crippen LogP contribution in [-0.4, -0.2) is 72.0 Å². The summed E-state index contributed by atoms with van der Waals surface area (Å²) in [7, 11) is 0. The summed E-state index contributed by atoms with van der Waals surface area (Å²) in [6, 6.07) is 0. The molecule has 132 valence electrons. The van der Waals surface area contributed by atoms with E-state index in [1.54, 1.807) is 11.1 Å². The van der Waals surface area contributed by atoms with Crippen molar-refractivity contribution in [2.75, 3.05) is 55.7 Å². The van der Waals surface area contributed by atoms with E-state index in [1.165, 1.54) is 12.8 Å². The zero-order chi connectivity index (χ0) is 16.9. The maximum absolute atomic E-state index is 11.8. The molecule has 0 aromatic carbocycles. The first-order valence-corrected chi connectivity index (χ1v) is 8.78. The van der Waals surface area contributed by atoms with Crippen molar-refractivity contribution < 1.29 is 9.53 Å². The van der Waals surface area contributed by atoms with Gasteiger partial charge in [0.15, 0.2) is 5.82 Å². The maximum Gasteiger partial charge on any atom is 0.409 e. The highest BCUT2D eigenvalue weighted by atomic mass is 16.6. The van der Waals surface area contributed by atoms with Crippen molar-refractivity contribution in [1.29, 1.82) is 0 Å². The summed E-state index contributed by atoms with van der Waals surface area (Å²) in [5.74, 6) is 2.22. The lowest BCUT2D eigenvalue weighted by molar-refractivity contribution is 0.105. The van der Waals surface area contributed by atoms with Gasteiger partial charge in [-0.3, -0.25) is 0 Å². The lowest BCUT2D eigenvalue weighted by Gasteiger charge is -2.35. The van der Waals surface area contributed by atoms with Crippen LogP contribution in [0.25, 0.3) is 0 Å². The highest BCUT2D eigenvalue weighted by molar-refractivity contribution is 5.68. The predicted molar refractivity (Wildman–Crippen MR) is 91.2 cm³/mol. The zero-order valence-corrected chi connectivity index (χ0v) is 14.5. The third-order valence-electron chi connectivity index (χ3n) is 4.60. The van der Waals surface area contributed by atoms with Crippen LogP contribution in [0, 0.1) is 5.92 Å². The molecule has 3 heterocycles. The van der Waals surface area contributed by atoms with E-state index >= 15 is 0 Å². The SMILES string of the molecule is CCOC(=O)N1CCN(c2cnnc(N3CCCC(C)C3)n2)CC1. The van der Waals surface area contributed by atoms with E-state index in [4.69, 9.17) is 9.72 Å². The molecular formula is C16H26N6O2. The Morgan fingerprint density at radius 2 is 2.04 bits per heavy atom. The van der Waals surface area contributed by atoms with Crippen LogP contribution in [0.2, 0.25) is 0 Å². The molecule has 2 aliphatic heterocycles. The van der Waals surface area contributed by atoms with E-state index in [0.29, 0.717) is 31.6 Å². The monoisotopic (exact) mass is 334 g/mol. The smallest absolute Gasteiger partial charge is 0.409 e. The molecule has 0 bridgehead atoms. The number of rotatable bonds is 3. The van der Waals surface area contributed by atoms with Crippen molar-refractivity contribution in [2.24, 2.45) is 5.92 Å². The molecule has 1 unspecified atom stereocenters. The Bertz CT molecular complexity index is 561. The Kier molecular flexibility index (Phi) is 5.32. The van der Waals surface area contributed by atoms with E-state index in [0.717, 1.165) is 32.0 Å². The average Bonchev–Trinajstić information content (AvgIpc) is 2.62. The number of anilines is 2. The fraction of sp³-hybridized carbons (Fsp3) is 0.750. The van der Waals surface area contributed by atoms with Crippen LogP contribution in [0.1, 0.15) is 26.7 Å². The molecule has 0 radical (unpaired) electrons. The van der Waals surface area contributed by atoms with Crippen molar-refractivity contribution >= 4 is 17.9 Å². The summed E-state index contributed by atoms with van der Waals surface area (Å²) in [5.41, 5.74) is 0. The van der Waals surface area contributed by atoms with Gasteiger partial charge in [-0.05, 0) is 25.7 Å².